The number of methoxy groups -OCH3 is 1. The van der Waals surface area contributed by atoms with Crippen LogP contribution < -0.4 is 15.8 Å². The highest BCUT2D eigenvalue weighted by Gasteiger charge is 2.14. The van der Waals surface area contributed by atoms with Crippen LogP contribution in [0.3, 0.4) is 0 Å². The summed E-state index contributed by atoms with van der Waals surface area (Å²) in [5.74, 6) is 0.973. The fourth-order valence-electron chi connectivity index (χ4n) is 1.82. The van der Waals surface area contributed by atoms with Gasteiger partial charge in [0.1, 0.15) is 5.75 Å². The van der Waals surface area contributed by atoms with Crippen LogP contribution in [-0.2, 0) is 6.42 Å². The molecule has 3 nitrogen and oxygen atoms in total. The van der Waals surface area contributed by atoms with Crippen molar-refractivity contribution in [2.45, 2.75) is 27.2 Å². The summed E-state index contributed by atoms with van der Waals surface area (Å²) in [5.41, 5.74) is 8.40. The van der Waals surface area contributed by atoms with Crippen molar-refractivity contribution in [2.24, 2.45) is 11.1 Å². The monoisotopic (exact) mass is 250 g/mol. The van der Waals surface area contributed by atoms with E-state index >= 15 is 0 Å². The number of benzene rings is 1. The second kappa shape index (κ2) is 6.76. The van der Waals surface area contributed by atoms with Gasteiger partial charge in [0.15, 0.2) is 0 Å². The number of ether oxygens (including phenoxy) is 1. The van der Waals surface area contributed by atoms with Gasteiger partial charge in [0.05, 0.1) is 7.11 Å². The molecule has 102 valence electrons. The molecule has 0 radical (unpaired) electrons. The van der Waals surface area contributed by atoms with E-state index < -0.39 is 0 Å². The molecular weight excluding hydrogens is 224 g/mol. The lowest BCUT2D eigenvalue weighted by molar-refractivity contribution is 0.352. The Hall–Kier alpha value is -1.06. The quantitative estimate of drug-likeness (QED) is 0.729. The third-order valence-electron chi connectivity index (χ3n) is 3.16. The molecule has 0 saturated carbocycles. The van der Waals surface area contributed by atoms with Gasteiger partial charge >= 0.3 is 0 Å². The van der Waals surface area contributed by atoms with E-state index in [2.05, 4.69) is 38.2 Å². The summed E-state index contributed by atoms with van der Waals surface area (Å²) in [6.07, 6.45) is 0.978. The van der Waals surface area contributed by atoms with Crippen LogP contribution in [0.4, 0.5) is 0 Å². The number of rotatable bonds is 7. The first-order valence-corrected chi connectivity index (χ1v) is 6.53. The molecule has 0 aliphatic rings. The van der Waals surface area contributed by atoms with Crippen molar-refractivity contribution in [3.63, 3.8) is 0 Å². The zero-order valence-corrected chi connectivity index (χ0v) is 12.0. The van der Waals surface area contributed by atoms with Crippen molar-refractivity contribution in [2.75, 3.05) is 26.7 Å². The lowest BCUT2D eigenvalue weighted by Crippen LogP contribution is -2.36. The first-order valence-electron chi connectivity index (χ1n) is 6.53. The Morgan fingerprint density at radius 2 is 2.06 bits per heavy atom. The van der Waals surface area contributed by atoms with Crippen molar-refractivity contribution in [1.29, 1.82) is 0 Å². The number of nitrogens with two attached hydrogens (primary N) is 1. The lowest BCUT2D eigenvalue weighted by atomic mass is 9.94. The van der Waals surface area contributed by atoms with Crippen LogP contribution in [-0.4, -0.2) is 26.7 Å². The zero-order valence-electron chi connectivity index (χ0n) is 12.0. The average molecular weight is 250 g/mol. The molecule has 0 spiro atoms. The highest BCUT2D eigenvalue weighted by Crippen LogP contribution is 2.19. The first kappa shape index (κ1) is 15.0. The fourth-order valence-corrected chi connectivity index (χ4v) is 1.82. The van der Waals surface area contributed by atoms with Gasteiger partial charge in [-0.2, -0.15) is 0 Å². The Morgan fingerprint density at radius 3 is 2.67 bits per heavy atom. The van der Waals surface area contributed by atoms with Crippen LogP contribution >= 0.6 is 0 Å². The van der Waals surface area contributed by atoms with E-state index in [9.17, 15) is 0 Å². The molecule has 0 unspecified atom stereocenters. The zero-order chi connectivity index (χ0) is 13.6. The van der Waals surface area contributed by atoms with Crippen molar-refractivity contribution in [3.05, 3.63) is 29.3 Å². The molecule has 3 N–H and O–H groups in total. The Labute approximate surface area is 111 Å². The van der Waals surface area contributed by atoms with Crippen LogP contribution in [0.15, 0.2) is 18.2 Å². The van der Waals surface area contributed by atoms with Gasteiger partial charge < -0.3 is 15.8 Å². The molecule has 1 rings (SSSR count). The van der Waals surface area contributed by atoms with Gasteiger partial charge in [-0.1, -0.05) is 31.5 Å². The second-order valence-corrected chi connectivity index (χ2v) is 5.61. The maximum atomic E-state index is 5.71. The van der Waals surface area contributed by atoms with E-state index in [1.807, 2.05) is 6.07 Å². The number of nitrogens with one attached hydrogen (secondary N) is 1. The smallest absolute Gasteiger partial charge is 0.122 e. The summed E-state index contributed by atoms with van der Waals surface area (Å²) >= 11 is 0. The van der Waals surface area contributed by atoms with E-state index in [1.54, 1.807) is 7.11 Å². The van der Waals surface area contributed by atoms with E-state index in [1.165, 1.54) is 11.1 Å². The minimum atomic E-state index is 0.163. The van der Waals surface area contributed by atoms with Gasteiger partial charge in [-0.3, -0.25) is 0 Å². The largest absolute Gasteiger partial charge is 0.496 e. The van der Waals surface area contributed by atoms with Gasteiger partial charge in [-0.25, -0.2) is 0 Å². The van der Waals surface area contributed by atoms with E-state index in [4.69, 9.17) is 10.5 Å². The Balaban J connectivity index is 2.46. The molecular formula is C15H26N2O. The van der Waals surface area contributed by atoms with Crippen molar-refractivity contribution >= 4 is 0 Å². The summed E-state index contributed by atoms with van der Waals surface area (Å²) in [4.78, 5) is 0. The van der Waals surface area contributed by atoms with Gasteiger partial charge in [0.2, 0.25) is 0 Å². The van der Waals surface area contributed by atoms with Gasteiger partial charge in [-0.05, 0) is 43.5 Å². The van der Waals surface area contributed by atoms with Crippen LogP contribution in [0.5, 0.6) is 5.75 Å². The normalized spacial score (nSPS) is 11.6. The van der Waals surface area contributed by atoms with Gasteiger partial charge in [0.25, 0.3) is 0 Å². The molecule has 0 atom stereocenters. The Kier molecular flexibility index (Phi) is 5.63. The van der Waals surface area contributed by atoms with Crippen LogP contribution in [0.1, 0.15) is 25.0 Å². The Bertz CT molecular complexity index is 375. The maximum absolute atomic E-state index is 5.71. The molecule has 0 aliphatic heterocycles. The molecule has 0 heterocycles. The van der Waals surface area contributed by atoms with Crippen molar-refractivity contribution in [1.82, 2.24) is 5.32 Å². The standard InChI is InChI=1S/C15H26N2O/c1-12-5-6-14(18-4)13(9-12)7-8-17-11-15(2,3)10-16/h5-6,9,17H,7-8,10-11,16H2,1-4H3. The predicted octanol–water partition coefficient (Wildman–Crippen LogP) is 2.12. The molecule has 0 bridgehead atoms. The molecule has 0 amide bonds. The number of hydrogen-bond donors (Lipinski definition) is 2. The van der Waals surface area contributed by atoms with Crippen LogP contribution in [0.25, 0.3) is 0 Å². The first-order chi connectivity index (χ1) is 8.48. The summed E-state index contributed by atoms with van der Waals surface area (Å²) in [5, 5.41) is 3.46. The highest BCUT2D eigenvalue weighted by molar-refractivity contribution is 5.37. The third-order valence-corrected chi connectivity index (χ3v) is 3.16. The molecule has 3 heteroatoms. The van der Waals surface area contributed by atoms with Crippen LogP contribution in [0.2, 0.25) is 0 Å². The second-order valence-electron chi connectivity index (χ2n) is 5.61. The average Bonchev–Trinajstić information content (AvgIpc) is 2.35. The molecule has 1 aromatic carbocycles. The molecule has 0 aliphatic carbocycles. The minimum absolute atomic E-state index is 0.163. The van der Waals surface area contributed by atoms with E-state index in [0.717, 1.165) is 25.3 Å². The number of hydrogen-bond acceptors (Lipinski definition) is 3. The summed E-state index contributed by atoms with van der Waals surface area (Å²) in [6, 6.07) is 6.30. The highest BCUT2D eigenvalue weighted by atomic mass is 16.5. The lowest BCUT2D eigenvalue weighted by Gasteiger charge is -2.22. The summed E-state index contributed by atoms with van der Waals surface area (Å²) in [7, 11) is 1.72. The fraction of sp³-hybridized carbons (Fsp3) is 0.600. The Morgan fingerprint density at radius 1 is 1.33 bits per heavy atom. The van der Waals surface area contributed by atoms with E-state index in [0.29, 0.717) is 6.54 Å². The molecule has 18 heavy (non-hydrogen) atoms. The molecule has 0 saturated heterocycles. The summed E-state index contributed by atoms with van der Waals surface area (Å²) in [6.45, 7) is 9.04. The third kappa shape index (κ3) is 4.67. The molecule has 1 aromatic rings. The van der Waals surface area contributed by atoms with Crippen LogP contribution in [0, 0.1) is 12.3 Å². The minimum Gasteiger partial charge on any atom is -0.496 e. The molecule has 0 aromatic heterocycles. The predicted molar refractivity (Wildman–Crippen MR) is 77.1 cm³/mol. The van der Waals surface area contributed by atoms with Gasteiger partial charge in [-0.15, -0.1) is 0 Å². The van der Waals surface area contributed by atoms with Crippen molar-refractivity contribution < 1.29 is 4.74 Å². The number of aryl methyl sites for hydroxylation is 1. The van der Waals surface area contributed by atoms with Crippen molar-refractivity contribution in [3.8, 4) is 5.75 Å². The van der Waals surface area contributed by atoms with E-state index in [-0.39, 0.29) is 5.41 Å². The topological polar surface area (TPSA) is 47.3 Å². The summed E-state index contributed by atoms with van der Waals surface area (Å²) < 4.78 is 5.37. The maximum Gasteiger partial charge on any atom is 0.122 e. The molecule has 0 fully saturated rings. The SMILES string of the molecule is COc1ccc(C)cc1CCNCC(C)(C)CN. The van der Waals surface area contributed by atoms with Gasteiger partial charge in [0, 0.05) is 6.54 Å².